The summed E-state index contributed by atoms with van der Waals surface area (Å²) in [5.74, 6) is -0.720. The van der Waals surface area contributed by atoms with Gasteiger partial charge in [0.25, 0.3) is 5.56 Å². The molecule has 30 heavy (non-hydrogen) atoms. The zero-order valence-corrected chi connectivity index (χ0v) is 17.3. The average Bonchev–Trinajstić information content (AvgIpc) is 2.75. The Balaban J connectivity index is 2.33. The number of rotatable bonds is 7. The maximum atomic E-state index is 13.5. The minimum absolute atomic E-state index is 0.0501. The Morgan fingerprint density at radius 1 is 1.30 bits per heavy atom. The molecule has 1 aromatic heterocycles. The highest BCUT2D eigenvalue weighted by molar-refractivity contribution is 5.92. The van der Waals surface area contributed by atoms with Crippen LogP contribution >= 0.6 is 0 Å². The van der Waals surface area contributed by atoms with Gasteiger partial charge in [-0.3, -0.25) is 4.79 Å². The number of methoxy groups -OCH3 is 2. The molecule has 0 saturated heterocycles. The normalized spacial score (nSPS) is 15.4. The molecule has 1 aromatic carbocycles. The lowest BCUT2D eigenvalue weighted by atomic mass is 9.83. The van der Waals surface area contributed by atoms with Crippen LogP contribution in [0.5, 0.6) is 11.5 Å². The van der Waals surface area contributed by atoms with Crippen molar-refractivity contribution in [2.24, 2.45) is 5.73 Å². The van der Waals surface area contributed by atoms with Crippen LogP contribution in [0, 0.1) is 0 Å². The van der Waals surface area contributed by atoms with Gasteiger partial charge in [-0.1, -0.05) is 25.5 Å². The van der Waals surface area contributed by atoms with E-state index < -0.39 is 11.9 Å². The number of esters is 1. The van der Waals surface area contributed by atoms with Crippen LogP contribution in [0.15, 0.2) is 46.6 Å². The van der Waals surface area contributed by atoms with Crippen LogP contribution in [0.2, 0.25) is 0 Å². The number of aliphatic hydroxyl groups excluding tert-OH is 1. The SMILES string of the molecule is CCCc1cc2c(c(=O)n1CCO)C(c1cccc(OC)c1)C(C(=O)OC)=C(N)O2. The van der Waals surface area contributed by atoms with Gasteiger partial charge in [0.1, 0.15) is 17.1 Å². The Labute approximate surface area is 174 Å². The van der Waals surface area contributed by atoms with E-state index >= 15 is 0 Å². The maximum Gasteiger partial charge on any atom is 0.340 e. The lowest BCUT2D eigenvalue weighted by molar-refractivity contribution is -0.136. The summed E-state index contributed by atoms with van der Waals surface area (Å²) in [5, 5.41) is 9.50. The van der Waals surface area contributed by atoms with Gasteiger partial charge in [0, 0.05) is 18.3 Å². The molecule has 160 valence electrons. The zero-order valence-electron chi connectivity index (χ0n) is 17.3. The third kappa shape index (κ3) is 3.78. The lowest BCUT2D eigenvalue weighted by Gasteiger charge is -2.29. The number of ether oxygens (including phenoxy) is 3. The Morgan fingerprint density at radius 3 is 2.70 bits per heavy atom. The van der Waals surface area contributed by atoms with E-state index in [9.17, 15) is 14.7 Å². The number of aryl methyl sites for hydroxylation is 1. The summed E-state index contributed by atoms with van der Waals surface area (Å²) in [4.78, 5) is 26.1. The Kier molecular flexibility index (Phi) is 6.47. The van der Waals surface area contributed by atoms with Crippen molar-refractivity contribution in [3.05, 3.63) is 69.0 Å². The van der Waals surface area contributed by atoms with Gasteiger partial charge in [-0.2, -0.15) is 0 Å². The predicted molar refractivity (Wildman–Crippen MR) is 110 cm³/mol. The van der Waals surface area contributed by atoms with Crippen LogP contribution in [0.3, 0.4) is 0 Å². The fourth-order valence-corrected chi connectivity index (χ4v) is 3.79. The molecule has 3 N–H and O–H groups in total. The van der Waals surface area contributed by atoms with Crippen molar-refractivity contribution in [2.75, 3.05) is 20.8 Å². The molecule has 0 bridgehead atoms. The summed E-state index contributed by atoms with van der Waals surface area (Å²) in [6.07, 6.45) is 1.44. The van der Waals surface area contributed by atoms with Gasteiger partial charge in [0.2, 0.25) is 5.88 Å². The van der Waals surface area contributed by atoms with Crippen molar-refractivity contribution in [1.82, 2.24) is 4.57 Å². The van der Waals surface area contributed by atoms with Crippen LogP contribution in [0.25, 0.3) is 0 Å². The van der Waals surface area contributed by atoms with Gasteiger partial charge < -0.3 is 29.6 Å². The summed E-state index contributed by atoms with van der Waals surface area (Å²) >= 11 is 0. The number of benzene rings is 1. The average molecular weight is 414 g/mol. The summed E-state index contributed by atoms with van der Waals surface area (Å²) < 4.78 is 17.5. The first-order valence-electron chi connectivity index (χ1n) is 9.73. The molecule has 0 aliphatic carbocycles. The third-order valence-electron chi connectivity index (χ3n) is 5.11. The van der Waals surface area contributed by atoms with Crippen LogP contribution in [-0.4, -0.2) is 36.5 Å². The number of pyridine rings is 1. The molecule has 8 nitrogen and oxygen atoms in total. The molecule has 2 heterocycles. The van der Waals surface area contributed by atoms with E-state index in [1.54, 1.807) is 30.3 Å². The summed E-state index contributed by atoms with van der Waals surface area (Å²) in [7, 11) is 2.78. The monoisotopic (exact) mass is 414 g/mol. The van der Waals surface area contributed by atoms with Gasteiger partial charge in [0.15, 0.2) is 0 Å². The van der Waals surface area contributed by atoms with Gasteiger partial charge in [-0.15, -0.1) is 0 Å². The second-order valence-electron chi connectivity index (χ2n) is 6.93. The molecule has 8 heteroatoms. The number of carbonyl (C=O) groups excluding carboxylic acids is 1. The highest BCUT2D eigenvalue weighted by Crippen LogP contribution is 2.42. The molecule has 1 atom stereocenters. The topological polar surface area (TPSA) is 113 Å². The van der Waals surface area contributed by atoms with E-state index in [0.717, 1.165) is 12.1 Å². The van der Waals surface area contributed by atoms with Crippen LogP contribution in [-0.2, 0) is 22.5 Å². The highest BCUT2D eigenvalue weighted by Gasteiger charge is 2.38. The Hall–Kier alpha value is -3.26. The minimum atomic E-state index is -0.801. The fraction of sp³-hybridized carbons (Fsp3) is 0.364. The first-order chi connectivity index (χ1) is 14.5. The number of fused-ring (bicyclic) bond motifs is 1. The molecule has 1 aliphatic heterocycles. The predicted octanol–water partition coefficient (Wildman–Crippen LogP) is 1.67. The number of nitrogens with two attached hydrogens (primary N) is 1. The Morgan fingerprint density at radius 2 is 2.07 bits per heavy atom. The first kappa shape index (κ1) is 21.4. The number of aliphatic hydroxyl groups is 1. The van der Waals surface area contributed by atoms with E-state index in [-0.39, 0.29) is 35.7 Å². The molecule has 0 spiro atoms. The molecule has 0 amide bonds. The molecule has 1 aliphatic rings. The number of carbonyl (C=O) groups is 1. The number of nitrogens with zero attached hydrogens (tertiary/aromatic N) is 1. The van der Waals surface area contributed by atoms with Gasteiger partial charge in [0.05, 0.1) is 32.3 Å². The van der Waals surface area contributed by atoms with E-state index in [2.05, 4.69) is 0 Å². The molecular formula is C22H26N2O6. The Bertz CT molecular complexity index is 1040. The standard InChI is InChI=1S/C22H26N2O6/c1-4-6-14-12-16-18(21(26)24(14)9-10-25)17(13-7-5-8-15(11-13)28-2)19(20(23)30-16)22(27)29-3/h5,7-8,11-12,17,25H,4,6,9-10,23H2,1-3H3. The van der Waals surface area contributed by atoms with Gasteiger partial charge >= 0.3 is 5.97 Å². The molecular weight excluding hydrogens is 388 g/mol. The van der Waals surface area contributed by atoms with E-state index in [0.29, 0.717) is 23.5 Å². The summed E-state index contributed by atoms with van der Waals surface area (Å²) in [6.45, 7) is 1.94. The van der Waals surface area contributed by atoms with E-state index in [4.69, 9.17) is 19.9 Å². The van der Waals surface area contributed by atoms with Crippen molar-refractivity contribution < 1.29 is 24.1 Å². The van der Waals surface area contributed by atoms with Crippen molar-refractivity contribution >= 4 is 5.97 Å². The van der Waals surface area contributed by atoms with Crippen molar-refractivity contribution in [2.45, 2.75) is 32.2 Å². The van der Waals surface area contributed by atoms with Crippen LogP contribution < -0.4 is 20.8 Å². The number of hydrogen-bond donors (Lipinski definition) is 2. The minimum Gasteiger partial charge on any atom is -0.497 e. The highest BCUT2D eigenvalue weighted by atomic mass is 16.5. The summed E-state index contributed by atoms with van der Waals surface area (Å²) in [5.41, 5.74) is 7.46. The molecule has 2 aromatic rings. The number of hydrogen-bond acceptors (Lipinski definition) is 7. The molecule has 1 unspecified atom stereocenters. The van der Waals surface area contributed by atoms with Crippen molar-refractivity contribution in [3.8, 4) is 11.5 Å². The van der Waals surface area contributed by atoms with E-state index in [1.165, 1.54) is 18.8 Å². The maximum absolute atomic E-state index is 13.5. The molecule has 0 saturated carbocycles. The third-order valence-corrected chi connectivity index (χ3v) is 5.11. The largest absolute Gasteiger partial charge is 0.497 e. The summed E-state index contributed by atoms with van der Waals surface area (Å²) in [6, 6.07) is 8.82. The molecule has 3 rings (SSSR count). The quantitative estimate of drug-likeness (QED) is 0.663. The van der Waals surface area contributed by atoms with Crippen molar-refractivity contribution in [1.29, 1.82) is 0 Å². The lowest BCUT2D eigenvalue weighted by Crippen LogP contribution is -2.36. The first-order valence-corrected chi connectivity index (χ1v) is 9.73. The second kappa shape index (κ2) is 9.04. The van der Waals surface area contributed by atoms with Crippen molar-refractivity contribution in [3.63, 3.8) is 0 Å². The van der Waals surface area contributed by atoms with E-state index in [1.807, 2.05) is 6.92 Å². The van der Waals surface area contributed by atoms with Crippen LogP contribution in [0.4, 0.5) is 0 Å². The molecule has 0 fully saturated rings. The van der Waals surface area contributed by atoms with Gasteiger partial charge in [-0.25, -0.2) is 4.79 Å². The zero-order chi connectivity index (χ0) is 21.8. The second-order valence-corrected chi connectivity index (χ2v) is 6.93. The number of aromatic nitrogens is 1. The molecule has 0 radical (unpaired) electrons. The van der Waals surface area contributed by atoms with Gasteiger partial charge in [-0.05, 0) is 24.1 Å². The van der Waals surface area contributed by atoms with Crippen LogP contribution in [0.1, 0.15) is 36.1 Å². The smallest absolute Gasteiger partial charge is 0.340 e. The fourth-order valence-electron chi connectivity index (χ4n) is 3.79.